The van der Waals surface area contributed by atoms with Crippen LogP contribution in [0.5, 0.6) is 0 Å². The van der Waals surface area contributed by atoms with Crippen molar-refractivity contribution in [3.8, 4) is 0 Å². The summed E-state index contributed by atoms with van der Waals surface area (Å²) in [5, 5.41) is 23.4. The molecule has 0 aromatic rings. The van der Waals surface area contributed by atoms with Gasteiger partial charge in [0.25, 0.3) is 0 Å². The Hall–Kier alpha value is -0.181. The molecule has 0 aromatic carbocycles. The van der Waals surface area contributed by atoms with Crippen LogP contribution in [0, 0.1) is 0 Å². The molecule has 20 heavy (non-hydrogen) atoms. The minimum Gasteiger partial charge on any atom is -0.673 e. The Kier molecular flexibility index (Phi) is 33.5. The van der Waals surface area contributed by atoms with Gasteiger partial charge < -0.3 is 41.9 Å². The molecule has 0 atom stereocenters. The maximum absolute atomic E-state index is 10.3. The van der Waals surface area contributed by atoms with Crippen molar-refractivity contribution in [2.75, 3.05) is 39.4 Å². The van der Waals surface area contributed by atoms with Crippen molar-refractivity contribution in [3.05, 3.63) is 22.1 Å². The molecule has 0 saturated carbocycles. The number of carbonyl (C=O) groups is 2. The van der Waals surface area contributed by atoms with E-state index in [0.717, 1.165) is 0 Å². The van der Waals surface area contributed by atoms with Gasteiger partial charge in [0.05, 0.1) is 0 Å². The van der Waals surface area contributed by atoms with Crippen molar-refractivity contribution in [3.63, 3.8) is 0 Å². The van der Waals surface area contributed by atoms with Gasteiger partial charge in [-0.3, -0.25) is 0 Å². The van der Waals surface area contributed by atoms with Gasteiger partial charge in [0.2, 0.25) is 0 Å². The summed E-state index contributed by atoms with van der Waals surface area (Å²) >= 11 is 0. The second-order valence-corrected chi connectivity index (χ2v) is 3.06. The molecular weight excluding hydrogens is 367 g/mol. The summed E-state index contributed by atoms with van der Waals surface area (Å²) in [6.07, 6.45) is 1.01. The van der Waals surface area contributed by atoms with Gasteiger partial charge >= 0.3 is 34.1 Å². The second-order valence-electron chi connectivity index (χ2n) is 3.06. The molecule has 0 unspecified atom stereocenters. The maximum Gasteiger partial charge on any atom is 2.00 e. The van der Waals surface area contributed by atoms with Crippen LogP contribution in [-0.2, 0) is 43.7 Å². The van der Waals surface area contributed by atoms with Crippen LogP contribution in [0.25, 0.3) is 22.1 Å². The number of hydrogen-bond acceptors (Lipinski definition) is 4. The zero-order chi connectivity index (χ0) is 14.2. The summed E-state index contributed by atoms with van der Waals surface area (Å²) < 4.78 is 0. The average molecular weight is 387 g/mol. The van der Waals surface area contributed by atoms with E-state index >= 15 is 0 Å². The van der Waals surface area contributed by atoms with Crippen LogP contribution >= 0.6 is 0 Å². The van der Waals surface area contributed by atoms with Crippen molar-refractivity contribution in [2.24, 2.45) is 0 Å². The van der Waals surface area contributed by atoms with E-state index in [4.69, 9.17) is 21.7 Å². The molecule has 2 amide bonds. The van der Waals surface area contributed by atoms with Crippen molar-refractivity contribution in [1.29, 1.82) is 0 Å². The average Bonchev–Trinajstić information content (AvgIpc) is 2.39. The number of aliphatic hydroxyl groups excluding tert-OH is 2. The molecule has 0 aliphatic heterocycles. The van der Waals surface area contributed by atoms with Gasteiger partial charge in [-0.05, 0) is 12.8 Å². The smallest absolute Gasteiger partial charge is 0.673 e. The number of amides is 2. The molecule has 0 aliphatic carbocycles. The fourth-order valence-electron chi connectivity index (χ4n) is 0.661. The first-order valence-corrected chi connectivity index (χ1v) is 5.53. The predicted molar refractivity (Wildman–Crippen MR) is 68.2 cm³/mol. The van der Waals surface area contributed by atoms with Crippen LogP contribution in [0.15, 0.2) is 0 Å². The van der Waals surface area contributed by atoms with E-state index in [1.54, 1.807) is 0 Å². The fraction of sp³-hybridized carbons (Fsp3) is 0.800. The molecule has 0 aliphatic rings. The molecular formula is C10H20Cu2N4O4. The second kappa shape index (κ2) is 23.9. The first-order chi connectivity index (χ1) is 8.62. The van der Waals surface area contributed by atoms with Gasteiger partial charge in [-0.2, -0.15) is 0 Å². The topological polar surface area (TPSA) is 150 Å². The van der Waals surface area contributed by atoms with E-state index in [0.29, 0.717) is 25.9 Å². The van der Waals surface area contributed by atoms with Crippen LogP contribution in [0.1, 0.15) is 12.8 Å². The van der Waals surface area contributed by atoms with Crippen molar-refractivity contribution in [2.45, 2.75) is 12.8 Å². The van der Waals surface area contributed by atoms with Gasteiger partial charge in [0, 0.05) is 25.0 Å². The molecule has 0 rings (SSSR count). The van der Waals surface area contributed by atoms with Crippen molar-refractivity contribution in [1.82, 2.24) is 0 Å². The Labute approximate surface area is 140 Å². The first kappa shape index (κ1) is 28.0. The summed E-state index contributed by atoms with van der Waals surface area (Å²) in [6.45, 7) is 0.211. The number of carbonyl (C=O) groups excluding carboxylic acids is 2. The van der Waals surface area contributed by atoms with E-state index in [-0.39, 0.29) is 60.4 Å². The van der Waals surface area contributed by atoms with Gasteiger partial charge in [0.15, 0.2) is 0 Å². The third-order valence-electron chi connectivity index (χ3n) is 1.51. The van der Waals surface area contributed by atoms with Gasteiger partial charge in [-0.15, -0.1) is 26.2 Å². The van der Waals surface area contributed by atoms with E-state index in [1.807, 2.05) is 0 Å². The van der Waals surface area contributed by atoms with Gasteiger partial charge in [-0.25, -0.2) is 0 Å². The molecule has 126 valence electrons. The monoisotopic (exact) mass is 386 g/mol. The SMILES string of the molecule is [Cu+2].[Cu+2].[NH-]CC(=O)[N-]CCCO.[NH-]CC(=O)[N-]CCCO. The van der Waals surface area contributed by atoms with Crippen LogP contribution in [0.2, 0.25) is 0 Å². The van der Waals surface area contributed by atoms with E-state index in [9.17, 15) is 9.59 Å². The largest absolute Gasteiger partial charge is 2.00 e. The summed E-state index contributed by atoms with van der Waals surface area (Å²) in [6, 6.07) is 0. The summed E-state index contributed by atoms with van der Waals surface area (Å²) in [5.41, 5.74) is 13.1. The normalized spacial score (nSPS) is 8.20. The number of nitrogens with one attached hydrogen (secondary N) is 2. The van der Waals surface area contributed by atoms with E-state index in [1.165, 1.54) is 0 Å². The van der Waals surface area contributed by atoms with Crippen molar-refractivity contribution >= 4 is 11.8 Å². The van der Waals surface area contributed by atoms with Gasteiger partial charge in [-0.1, -0.05) is 0 Å². The molecule has 10 heteroatoms. The minimum absolute atomic E-state index is 0. The zero-order valence-electron chi connectivity index (χ0n) is 10.9. The predicted octanol–water partition coefficient (Wildman–Crippen LogP) is 0.638. The molecule has 8 nitrogen and oxygen atoms in total. The fourth-order valence-corrected chi connectivity index (χ4v) is 0.661. The quantitative estimate of drug-likeness (QED) is 0.464. The van der Waals surface area contributed by atoms with Crippen LogP contribution in [-0.4, -0.2) is 61.4 Å². The Morgan fingerprint density at radius 3 is 1.30 bits per heavy atom. The third-order valence-corrected chi connectivity index (χ3v) is 1.51. The Bertz CT molecular complexity index is 201. The molecule has 4 N–H and O–H groups in total. The number of rotatable bonds is 8. The van der Waals surface area contributed by atoms with Crippen LogP contribution in [0.4, 0.5) is 0 Å². The Balaban J connectivity index is -0.000000116. The number of nitrogens with zero attached hydrogens (tertiary/aromatic N) is 2. The van der Waals surface area contributed by atoms with Crippen LogP contribution < -0.4 is 0 Å². The first-order valence-electron chi connectivity index (χ1n) is 5.53. The maximum atomic E-state index is 10.3. The Morgan fingerprint density at radius 1 is 0.800 bits per heavy atom. The van der Waals surface area contributed by atoms with Crippen molar-refractivity contribution < 1.29 is 53.9 Å². The van der Waals surface area contributed by atoms with Gasteiger partial charge in [0.1, 0.15) is 0 Å². The van der Waals surface area contributed by atoms with Crippen LogP contribution in [0.3, 0.4) is 0 Å². The van der Waals surface area contributed by atoms with E-state index in [2.05, 4.69) is 10.6 Å². The van der Waals surface area contributed by atoms with E-state index < -0.39 is 11.8 Å². The zero-order valence-corrected chi connectivity index (χ0v) is 12.7. The molecule has 0 bridgehead atoms. The molecule has 0 aromatic heterocycles. The third kappa shape index (κ3) is 26.4. The number of aliphatic hydroxyl groups is 2. The Morgan fingerprint density at radius 2 is 1.10 bits per heavy atom. The summed E-state index contributed by atoms with van der Waals surface area (Å²) in [7, 11) is 0. The molecule has 0 heterocycles. The molecule has 0 spiro atoms. The summed E-state index contributed by atoms with van der Waals surface area (Å²) in [5.74, 6) is -0.827. The standard InChI is InChI=1S/2C5H11N2O2.2Cu/c2*6-4-5(9)7-2-1-3-8;;/h2*6,8H,1-4H2,(H,7,9);;/q2*-1;2*+2/p-2. The molecule has 2 radical (unpaired) electrons. The molecule has 0 saturated heterocycles. The number of hydrogen-bond donors (Lipinski definition) is 2. The minimum atomic E-state index is -0.413. The molecule has 0 fully saturated rings. The summed E-state index contributed by atoms with van der Waals surface area (Å²) in [4.78, 5) is 20.5.